The standard InChI is InChI=1S/C29H35BrO3Si/c1-21(2)17-18-22-19-26(32-6)25(27(30)28(22)31)20-33-34(29(3,4)5,23-13-9-7-10-14-23)24-15-11-8-12-16-24/h7-17,19,31H,18,20H2,1-6H3. The Morgan fingerprint density at radius 1 is 0.971 bits per heavy atom. The Balaban J connectivity index is 2.13. The number of methoxy groups -OCH3 is 1. The molecule has 3 rings (SSSR count). The minimum absolute atomic E-state index is 0.138. The summed E-state index contributed by atoms with van der Waals surface area (Å²) >= 11 is 3.65. The number of rotatable bonds is 8. The molecule has 34 heavy (non-hydrogen) atoms. The van der Waals surface area contributed by atoms with Crippen LogP contribution in [0.5, 0.6) is 11.5 Å². The molecule has 1 N–H and O–H groups in total. The summed E-state index contributed by atoms with van der Waals surface area (Å²) in [6.45, 7) is 11.2. The highest BCUT2D eigenvalue weighted by atomic mass is 79.9. The average Bonchev–Trinajstić information content (AvgIpc) is 2.81. The number of allylic oxidation sites excluding steroid dienone is 2. The second-order valence-electron chi connectivity index (χ2n) is 9.82. The summed E-state index contributed by atoms with van der Waals surface area (Å²) in [5.41, 5.74) is 2.83. The predicted octanol–water partition coefficient (Wildman–Crippen LogP) is 6.75. The van der Waals surface area contributed by atoms with Gasteiger partial charge >= 0.3 is 0 Å². The van der Waals surface area contributed by atoms with E-state index in [0.29, 0.717) is 23.2 Å². The second-order valence-corrected chi connectivity index (χ2v) is 14.9. The normalized spacial score (nSPS) is 11.9. The van der Waals surface area contributed by atoms with Gasteiger partial charge in [-0.1, -0.05) is 93.1 Å². The van der Waals surface area contributed by atoms with Crippen molar-refractivity contribution in [2.75, 3.05) is 7.11 Å². The molecular formula is C29H35BrO3Si. The molecule has 0 radical (unpaired) electrons. The van der Waals surface area contributed by atoms with Gasteiger partial charge in [-0.05, 0) is 57.7 Å². The van der Waals surface area contributed by atoms with E-state index in [-0.39, 0.29) is 10.8 Å². The van der Waals surface area contributed by atoms with Gasteiger partial charge in [0, 0.05) is 11.1 Å². The molecular weight excluding hydrogens is 504 g/mol. The second kappa shape index (κ2) is 10.9. The van der Waals surface area contributed by atoms with Crippen molar-refractivity contribution in [3.05, 3.63) is 94.0 Å². The Bertz CT molecular complexity index is 1090. The van der Waals surface area contributed by atoms with Gasteiger partial charge in [-0.2, -0.15) is 0 Å². The minimum Gasteiger partial charge on any atom is -0.506 e. The fourth-order valence-corrected chi connectivity index (χ4v) is 9.51. The summed E-state index contributed by atoms with van der Waals surface area (Å²) < 4.78 is 13.5. The van der Waals surface area contributed by atoms with Gasteiger partial charge in [-0.3, -0.25) is 0 Å². The smallest absolute Gasteiger partial charge is 0.261 e. The van der Waals surface area contributed by atoms with Crippen LogP contribution in [-0.2, 0) is 17.5 Å². The van der Waals surface area contributed by atoms with E-state index in [9.17, 15) is 5.11 Å². The summed E-state index contributed by atoms with van der Waals surface area (Å²) in [4.78, 5) is 0. The molecule has 0 unspecified atom stereocenters. The van der Waals surface area contributed by atoms with Crippen molar-refractivity contribution in [3.8, 4) is 11.5 Å². The maximum Gasteiger partial charge on any atom is 0.261 e. The lowest BCUT2D eigenvalue weighted by Gasteiger charge is -2.43. The highest BCUT2D eigenvalue weighted by Gasteiger charge is 2.50. The lowest BCUT2D eigenvalue weighted by molar-refractivity contribution is 0.276. The molecule has 0 saturated heterocycles. The molecule has 0 atom stereocenters. The van der Waals surface area contributed by atoms with Gasteiger partial charge in [-0.15, -0.1) is 0 Å². The fourth-order valence-electron chi connectivity index (χ4n) is 4.43. The van der Waals surface area contributed by atoms with Gasteiger partial charge in [0.2, 0.25) is 0 Å². The van der Waals surface area contributed by atoms with Crippen molar-refractivity contribution >= 4 is 34.6 Å². The van der Waals surface area contributed by atoms with Gasteiger partial charge in [0.1, 0.15) is 11.5 Å². The molecule has 0 heterocycles. The lowest BCUT2D eigenvalue weighted by Crippen LogP contribution is -2.66. The first-order chi connectivity index (χ1) is 16.1. The van der Waals surface area contributed by atoms with E-state index < -0.39 is 8.32 Å². The Morgan fingerprint density at radius 2 is 1.50 bits per heavy atom. The lowest BCUT2D eigenvalue weighted by atomic mass is 10.1. The number of phenolic OH excluding ortho intramolecular Hbond substituents is 1. The van der Waals surface area contributed by atoms with Crippen molar-refractivity contribution in [1.29, 1.82) is 0 Å². The Kier molecular flexibility index (Phi) is 8.45. The maximum atomic E-state index is 11.0. The number of ether oxygens (including phenoxy) is 1. The van der Waals surface area contributed by atoms with E-state index in [1.165, 1.54) is 15.9 Å². The monoisotopic (exact) mass is 538 g/mol. The van der Waals surface area contributed by atoms with Crippen molar-refractivity contribution in [2.24, 2.45) is 0 Å². The first-order valence-electron chi connectivity index (χ1n) is 11.6. The van der Waals surface area contributed by atoms with Crippen LogP contribution in [0.1, 0.15) is 45.7 Å². The molecule has 0 fully saturated rings. The minimum atomic E-state index is -2.72. The number of hydrogen-bond acceptors (Lipinski definition) is 3. The summed E-state index contributed by atoms with van der Waals surface area (Å²) in [6.07, 6.45) is 2.73. The van der Waals surface area contributed by atoms with Crippen molar-refractivity contribution in [1.82, 2.24) is 0 Å². The van der Waals surface area contributed by atoms with Crippen LogP contribution >= 0.6 is 15.9 Å². The van der Waals surface area contributed by atoms with E-state index >= 15 is 0 Å². The van der Waals surface area contributed by atoms with E-state index in [1.807, 2.05) is 18.2 Å². The molecule has 0 spiro atoms. The molecule has 0 bridgehead atoms. The van der Waals surface area contributed by atoms with Crippen molar-refractivity contribution in [2.45, 2.75) is 52.7 Å². The Hall–Kier alpha value is -2.34. The van der Waals surface area contributed by atoms with Crippen molar-refractivity contribution in [3.63, 3.8) is 0 Å². The number of phenols is 1. The number of halogens is 1. The topological polar surface area (TPSA) is 38.7 Å². The highest BCUT2D eigenvalue weighted by Crippen LogP contribution is 2.42. The molecule has 0 aromatic heterocycles. The molecule has 0 aliphatic carbocycles. The van der Waals surface area contributed by atoms with Gasteiger partial charge < -0.3 is 14.3 Å². The van der Waals surface area contributed by atoms with Gasteiger partial charge in [0.25, 0.3) is 8.32 Å². The van der Waals surface area contributed by atoms with Crippen LogP contribution < -0.4 is 15.1 Å². The fraction of sp³-hybridized carbons (Fsp3) is 0.310. The summed E-state index contributed by atoms with van der Waals surface area (Å²) in [5.74, 6) is 0.944. The third kappa shape index (κ3) is 5.32. The van der Waals surface area contributed by atoms with Crippen molar-refractivity contribution < 1.29 is 14.3 Å². The summed E-state index contributed by atoms with van der Waals surface area (Å²) in [5, 5.41) is 13.3. The molecule has 5 heteroatoms. The Labute approximate surface area is 213 Å². The molecule has 0 aliphatic heterocycles. The van der Waals surface area contributed by atoms with Crippen LogP contribution in [0.2, 0.25) is 5.04 Å². The highest BCUT2D eigenvalue weighted by molar-refractivity contribution is 9.10. The van der Waals surface area contributed by atoms with Gasteiger partial charge in [0.05, 0.1) is 18.2 Å². The maximum absolute atomic E-state index is 11.0. The third-order valence-electron chi connectivity index (χ3n) is 6.18. The predicted molar refractivity (Wildman–Crippen MR) is 148 cm³/mol. The van der Waals surface area contributed by atoms with Crippen LogP contribution in [0, 0.1) is 0 Å². The molecule has 3 aromatic rings. The largest absolute Gasteiger partial charge is 0.506 e. The van der Waals surface area contributed by atoms with E-state index in [1.54, 1.807) is 7.11 Å². The molecule has 3 nitrogen and oxygen atoms in total. The van der Waals surface area contributed by atoms with Crippen LogP contribution in [0.15, 0.2) is 82.9 Å². The van der Waals surface area contributed by atoms with E-state index in [4.69, 9.17) is 9.16 Å². The molecule has 3 aromatic carbocycles. The zero-order valence-electron chi connectivity index (χ0n) is 21.0. The summed E-state index contributed by atoms with van der Waals surface area (Å²) in [6, 6.07) is 23.0. The average molecular weight is 540 g/mol. The molecule has 0 saturated carbocycles. The van der Waals surface area contributed by atoms with Crippen LogP contribution in [0.4, 0.5) is 0 Å². The first kappa shape index (κ1) is 26.3. The third-order valence-corrected chi connectivity index (χ3v) is 12.0. The number of hydrogen-bond donors (Lipinski definition) is 1. The first-order valence-corrected chi connectivity index (χ1v) is 14.3. The molecule has 0 amide bonds. The quantitative estimate of drug-likeness (QED) is 0.254. The summed E-state index contributed by atoms with van der Waals surface area (Å²) in [7, 11) is -1.06. The molecule has 180 valence electrons. The number of benzene rings is 3. The molecule has 0 aliphatic rings. The van der Waals surface area contributed by atoms with Crippen LogP contribution in [0.25, 0.3) is 0 Å². The van der Waals surface area contributed by atoms with E-state index in [2.05, 4.69) is 105 Å². The number of aromatic hydroxyl groups is 1. The van der Waals surface area contributed by atoms with Gasteiger partial charge in [0.15, 0.2) is 0 Å². The zero-order valence-corrected chi connectivity index (χ0v) is 23.6. The zero-order chi connectivity index (χ0) is 24.9. The van der Waals surface area contributed by atoms with Gasteiger partial charge in [-0.25, -0.2) is 0 Å². The van der Waals surface area contributed by atoms with E-state index in [0.717, 1.165) is 11.1 Å². The Morgan fingerprint density at radius 3 is 1.94 bits per heavy atom. The van der Waals surface area contributed by atoms with Crippen LogP contribution in [0.3, 0.4) is 0 Å². The van der Waals surface area contributed by atoms with Crippen LogP contribution in [-0.4, -0.2) is 20.5 Å². The SMILES string of the molecule is COc1cc(CC=C(C)C)c(O)c(Br)c1CO[Si](c1ccccc1)(c1ccccc1)C(C)(C)C.